The van der Waals surface area contributed by atoms with Crippen LogP contribution in [0.2, 0.25) is 0 Å². The van der Waals surface area contributed by atoms with E-state index in [2.05, 4.69) is 4.98 Å². The van der Waals surface area contributed by atoms with Crippen molar-refractivity contribution in [3.8, 4) is 16.9 Å². The molecule has 0 unspecified atom stereocenters. The molecule has 0 spiro atoms. The Hall–Kier alpha value is -2.40. The number of benzene rings is 2. The van der Waals surface area contributed by atoms with E-state index in [1.807, 2.05) is 22.8 Å². The van der Waals surface area contributed by atoms with Crippen molar-refractivity contribution in [3.05, 3.63) is 48.5 Å². The summed E-state index contributed by atoms with van der Waals surface area (Å²) in [5, 5.41) is 10.0. The lowest BCUT2D eigenvalue weighted by Gasteiger charge is -2.18. The van der Waals surface area contributed by atoms with Crippen molar-refractivity contribution < 1.29 is 14.2 Å². The first-order chi connectivity index (χ1) is 10.9. The van der Waals surface area contributed by atoms with Crippen molar-refractivity contribution in [1.29, 1.82) is 0 Å². The summed E-state index contributed by atoms with van der Waals surface area (Å²) in [4.78, 5) is 4.35. The number of hydrogen-bond acceptors (Lipinski definition) is 3. The Balaban J connectivity index is 2.11. The highest BCUT2D eigenvalue weighted by molar-refractivity contribution is 5.83. The van der Waals surface area contributed by atoms with Crippen LogP contribution in [0.4, 0.5) is 4.39 Å². The van der Waals surface area contributed by atoms with Crippen molar-refractivity contribution in [2.24, 2.45) is 0 Å². The molecule has 23 heavy (non-hydrogen) atoms. The lowest BCUT2D eigenvalue weighted by atomic mass is 10.0. The molecular weight excluding hydrogens is 295 g/mol. The number of aromatic nitrogens is 2. The van der Waals surface area contributed by atoms with Gasteiger partial charge in [0.05, 0.1) is 36.6 Å². The average Bonchev–Trinajstić information content (AvgIpc) is 2.87. The smallest absolute Gasteiger partial charge is 0.129 e. The molecule has 1 N–H and O–H groups in total. The van der Waals surface area contributed by atoms with Gasteiger partial charge in [-0.1, -0.05) is 6.07 Å². The summed E-state index contributed by atoms with van der Waals surface area (Å²) in [7, 11) is 1.52. The van der Waals surface area contributed by atoms with Gasteiger partial charge in [-0.2, -0.15) is 0 Å². The molecule has 120 valence electrons. The summed E-state index contributed by atoms with van der Waals surface area (Å²) in [6.07, 6.45) is 1.72. The van der Waals surface area contributed by atoms with Crippen LogP contribution in [0.25, 0.3) is 22.2 Å². The van der Waals surface area contributed by atoms with Gasteiger partial charge < -0.3 is 14.4 Å². The quantitative estimate of drug-likeness (QED) is 0.800. The fourth-order valence-corrected chi connectivity index (χ4v) is 2.67. The van der Waals surface area contributed by atoms with Crippen molar-refractivity contribution >= 4 is 11.0 Å². The Kier molecular flexibility index (Phi) is 3.82. The van der Waals surface area contributed by atoms with E-state index in [1.165, 1.54) is 19.2 Å². The number of fused-ring (bicyclic) bond motifs is 1. The molecule has 2 aromatic carbocycles. The maximum Gasteiger partial charge on any atom is 0.129 e. The molecule has 0 aliphatic heterocycles. The molecule has 0 aliphatic rings. The lowest BCUT2D eigenvalue weighted by Crippen LogP contribution is -2.25. The number of rotatable bonds is 4. The number of hydrogen-bond donors (Lipinski definition) is 1. The molecular formula is C18H19FN2O2. The molecule has 0 radical (unpaired) electrons. The second kappa shape index (κ2) is 5.66. The Labute approximate surface area is 134 Å². The zero-order valence-corrected chi connectivity index (χ0v) is 13.4. The van der Waals surface area contributed by atoms with Crippen molar-refractivity contribution in [1.82, 2.24) is 9.55 Å². The maximum absolute atomic E-state index is 13.4. The van der Waals surface area contributed by atoms with Crippen LogP contribution in [-0.2, 0) is 6.54 Å². The van der Waals surface area contributed by atoms with Crippen LogP contribution in [0.5, 0.6) is 5.75 Å². The molecule has 0 saturated carbocycles. The van der Waals surface area contributed by atoms with E-state index in [-0.39, 0.29) is 5.82 Å². The van der Waals surface area contributed by atoms with Gasteiger partial charge in [-0.05, 0) is 43.7 Å². The number of imidazole rings is 1. The summed E-state index contributed by atoms with van der Waals surface area (Å²) < 4.78 is 20.6. The maximum atomic E-state index is 13.4. The Morgan fingerprint density at radius 1 is 1.22 bits per heavy atom. The number of methoxy groups -OCH3 is 1. The van der Waals surface area contributed by atoms with Gasteiger partial charge in [0.2, 0.25) is 0 Å². The van der Waals surface area contributed by atoms with Crippen LogP contribution in [0.15, 0.2) is 42.7 Å². The minimum atomic E-state index is -0.836. The van der Waals surface area contributed by atoms with Crippen LogP contribution in [-0.4, -0.2) is 27.4 Å². The summed E-state index contributed by atoms with van der Waals surface area (Å²) >= 11 is 0. The molecule has 4 nitrogen and oxygen atoms in total. The van der Waals surface area contributed by atoms with Gasteiger partial charge >= 0.3 is 0 Å². The summed E-state index contributed by atoms with van der Waals surface area (Å²) in [6.45, 7) is 3.95. The number of halogens is 1. The van der Waals surface area contributed by atoms with E-state index in [0.717, 1.165) is 22.2 Å². The molecule has 0 amide bonds. The second-order valence-electron chi connectivity index (χ2n) is 6.23. The number of aliphatic hydroxyl groups is 1. The monoisotopic (exact) mass is 314 g/mol. The second-order valence-corrected chi connectivity index (χ2v) is 6.23. The molecule has 0 bridgehead atoms. The summed E-state index contributed by atoms with van der Waals surface area (Å²) in [5.41, 5.74) is 2.64. The Morgan fingerprint density at radius 3 is 2.70 bits per heavy atom. The zero-order chi connectivity index (χ0) is 16.6. The van der Waals surface area contributed by atoms with Gasteiger partial charge in [-0.25, -0.2) is 9.37 Å². The first-order valence-electron chi connectivity index (χ1n) is 7.38. The first kappa shape index (κ1) is 15.5. The van der Waals surface area contributed by atoms with Gasteiger partial charge in [0, 0.05) is 11.6 Å². The Morgan fingerprint density at radius 2 is 2.00 bits per heavy atom. The molecule has 3 aromatic rings. The average molecular weight is 314 g/mol. The van der Waals surface area contributed by atoms with E-state index in [9.17, 15) is 9.50 Å². The lowest BCUT2D eigenvalue weighted by molar-refractivity contribution is 0.0627. The summed E-state index contributed by atoms with van der Waals surface area (Å²) in [5.74, 6) is 0.150. The van der Waals surface area contributed by atoms with Gasteiger partial charge in [-0.3, -0.25) is 0 Å². The van der Waals surface area contributed by atoms with Crippen LogP contribution in [0.3, 0.4) is 0 Å². The zero-order valence-electron chi connectivity index (χ0n) is 13.4. The predicted molar refractivity (Wildman–Crippen MR) is 88.0 cm³/mol. The fourth-order valence-electron chi connectivity index (χ4n) is 2.67. The number of ether oxygens (including phenoxy) is 1. The topological polar surface area (TPSA) is 47.3 Å². The van der Waals surface area contributed by atoms with E-state index >= 15 is 0 Å². The molecule has 1 heterocycles. The van der Waals surface area contributed by atoms with E-state index in [4.69, 9.17) is 4.74 Å². The molecule has 0 aliphatic carbocycles. The minimum absolute atomic E-state index is 0.334. The normalized spacial score (nSPS) is 11.9. The highest BCUT2D eigenvalue weighted by Crippen LogP contribution is 2.32. The van der Waals surface area contributed by atoms with Gasteiger partial charge in [0.15, 0.2) is 0 Å². The van der Waals surface area contributed by atoms with Gasteiger partial charge in [0.1, 0.15) is 11.6 Å². The molecule has 3 rings (SSSR count). The third-order valence-electron chi connectivity index (χ3n) is 3.65. The highest BCUT2D eigenvalue weighted by Gasteiger charge is 2.16. The van der Waals surface area contributed by atoms with E-state index in [0.29, 0.717) is 12.3 Å². The van der Waals surface area contributed by atoms with Gasteiger partial charge in [0.25, 0.3) is 0 Å². The molecule has 0 atom stereocenters. The predicted octanol–water partition coefficient (Wildman–Crippen LogP) is 3.62. The highest BCUT2D eigenvalue weighted by atomic mass is 19.1. The molecule has 0 saturated heterocycles. The first-order valence-corrected chi connectivity index (χ1v) is 7.38. The van der Waals surface area contributed by atoms with E-state index < -0.39 is 5.60 Å². The standard InChI is InChI=1S/C18H19FN2O2/c1-18(2,22)10-21-11-20-15-7-4-12(8-16(15)21)14-6-5-13(19)9-17(14)23-3/h4-9,11,22H,10H2,1-3H3. The number of nitrogens with zero attached hydrogens (tertiary/aromatic N) is 2. The molecule has 0 fully saturated rings. The third kappa shape index (κ3) is 3.19. The summed E-state index contributed by atoms with van der Waals surface area (Å²) in [6, 6.07) is 10.3. The molecule has 1 aromatic heterocycles. The largest absolute Gasteiger partial charge is 0.496 e. The molecule has 5 heteroatoms. The SMILES string of the molecule is COc1cc(F)ccc1-c1ccc2ncn(CC(C)(C)O)c2c1. The minimum Gasteiger partial charge on any atom is -0.496 e. The van der Waals surface area contributed by atoms with Crippen molar-refractivity contribution in [2.75, 3.05) is 7.11 Å². The van der Waals surface area contributed by atoms with Crippen LogP contribution in [0.1, 0.15) is 13.8 Å². The fraction of sp³-hybridized carbons (Fsp3) is 0.278. The van der Waals surface area contributed by atoms with Crippen LogP contribution >= 0.6 is 0 Å². The van der Waals surface area contributed by atoms with Gasteiger partial charge in [-0.15, -0.1) is 0 Å². The Bertz CT molecular complexity index is 850. The van der Waals surface area contributed by atoms with Crippen molar-refractivity contribution in [3.63, 3.8) is 0 Å². The van der Waals surface area contributed by atoms with Crippen LogP contribution < -0.4 is 4.74 Å². The third-order valence-corrected chi connectivity index (χ3v) is 3.65. The van der Waals surface area contributed by atoms with Crippen LogP contribution in [0, 0.1) is 5.82 Å². The van der Waals surface area contributed by atoms with E-state index in [1.54, 1.807) is 26.2 Å². The van der Waals surface area contributed by atoms with Crippen molar-refractivity contribution in [2.45, 2.75) is 26.0 Å².